The molecule has 3 rings (SSSR count). The Hall–Kier alpha value is -1.33. The Labute approximate surface area is 155 Å². The minimum absolute atomic E-state index is 0.108. The molecule has 25 heavy (non-hydrogen) atoms. The molecule has 0 radical (unpaired) electrons. The van der Waals surface area contributed by atoms with Gasteiger partial charge in [-0.25, -0.2) is 4.98 Å². The van der Waals surface area contributed by atoms with Crippen molar-refractivity contribution in [1.82, 2.24) is 14.8 Å². The van der Waals surface area contributed by atoms with Crippen LogP contribution in [0.4, 0.5) is 5.82 Å². The summed E-state index contributed by atoms with van der Waals surface area (Å²) in [5.41, 5.74) is 0.467. The van der Waals surface area contributed by atoms with Crippen molar-refractivity contribution in [3.05, 3.63) is 22.8 Å². The highest BCUT2D eigenvalue weighted by Gasteiger charge is 2.43. The molecule has 0 bridgehead atoms. The lowest BCUT2D eigenvalue weighted by Crippen LogP contribution is -2.35. The molecule has 1 amide bonds. The van der Waals surface area contributed by atoms with E-state index >= 15 is 0 Å². The molecule has 2 atom stereocenters. The molecule has 0 aromatic carbocycles. The van der Waals surface area contributed by atoms with Crippen molar-refractivity contribution in [2.75, 3.05) is 52.7 Å². The molecular weight excluding hydrogens is 336 g/mol. The van der Waals surface area contributed by atoms with Crippen LogP contribution in [0.15, 0.2) is 12.1 Å². The monoisotopic (exact) mass is 364 g/mol. The van der Waals surface area contributed by atoms with E-state index in [1.807, 2.05) is 6.07 Å². The van der Waals surface area contributed by atoms with E-state index in [-0.39, 0.29) is 5.91 Å². The van der Waals surface area contributed by atoms with Crippen LogP contribution in [0.25, 0.3) is 0 Å². The molecule has 0 N–H and O–H groups in total. The molecular formula is C19H29ClN4O. The van der Waals surface area contributed by atoms with E-state index in [1.54, 1.807) is 20.2 Å². The smallest absolute Gasteiger partial charge is 0.256 e. The second-order valence-electron chi connectivity index (χ2n) is 7.95. The minimum Gasteiger partial charge on any atom is -0.357 e. The summed E-state index contributed by atoms with van der Waals surface area (Å²) in [4.78, 5) is 22.7. The van der Waals surface area contributed by atoms with Crippen molar-refractivity contribution < 1.29 is 4.79 Å². The van der Waals surface area contributed by atoms with Crippen LogP contribution >= 0.6 is 11.6 Å². The molecule has 1 saturated carbocycles. The predicted molar refractivity (Wildman–Crippen MR) is 102 cm³/mol. The third-order valence-corrected chi connectivity index (χ3v) is 5.80. The van der Waals surface area contributed by atoms with Gasteiger partial charge in [0.2, 0.25) is 0 Å². The fourth-order valence-electron chi connectivity index (χ4n) is 4.09. The third kappa shape index (κ3) is 4.26. The van der Waals surface area contributed by atoms with Crippen molar-refractivity contribution in [2.45, 2.75) is 19.3 Å². The van der Waals surface area contributed by atoms with Crippen LogP contribution < -0.4 is 4.90 Å². The van der Waals surface area contributed by atoms with Crippen molar-refractivity contribution in [3.63, 3.8) is 0 Å². The zero-order valence-corrected chi connectivity index (χ0v) is 16.5. The van der Waals surface area contributed by atoms with Crippen LogP contribution in [0.2, 0.25) is 5.15 Å². The first kappa shape index (κ1) is 18.5. The zero-order valence-electron chi connectivity index (χ0n) is 15.7. The fraction of sp³-hybridized carbons (Fsp3) is 0.684. The molecule has 2 unspecified atom stereocenters. The quantitative estimate of drug-likeness (QED) is 0.753. The van der Waals surface area contributed by atoms with Crippen LogP contribution in [0.5, 0.6) is 0 Å². The number of piperidine rings is 1. The topological polar surface area (TPSA) is 39.7 Å². The number of aromatic nitrogens is 1. The lowest BCUT2D eigenvalue weighted by atomic mass is 9.91. The largest absolute Gasteiger partial charge is 0.357 e. The standard InChI is InChI=1S/C19H29ClN4O/c1-22(2)12-14-11-16(14)13-7-9-24(10-8-13)17-6-5-15(18(20)21-17)19(25)23(3)4/h5-6,13-14,16H,7-12H2,1-4H3. The highest BCUT2D eigenvalue weighted by atomic mass is 35.5. The molecule has 2 heterocycles. The van der Waals surface area contributed by atoms with Gasteiger partial charge in [-0.3, -0.25) is 4.79 Å². The van der Waals surface area contributed by atoms with Crippen LogP contribution in [0.3, 0.4) is 0 Å². The van der Waals surface area contributed by atoms with Gasteiger partial charge in [0.05, 0.1) is 5.56 Å². The number of hydrogen-bond acceptors (Lipinski definition) is 4. The lowest BCUT2D eigenvalue weighted by molar-refractivity contribution is 0.0827. The van der Waals surface area contributed by atoms with E-state index < -0.39 is 0 Å². The first-order valence-electron chi connectivity index (χ1n) is 9.14. The van der Waals surface area contributed by atoms with Crippen molar-refractivity contribution in [1.29, 1.82) is 0 Å². The normalized spacial score (nSPS) is 23.8. The Balaban J connectivity index is 1.57. The minimum atomic E-state index is -0.108. The summed E-state index contributed by atoms with van der Waals surface area (Å²) < 4.78 is 0. The summed E-state index contributed by atoms with van der Waals surface area (Å²) in [6, 6.07) is 3.72. The van der Waals surface area contributed by atoms with Crippen LogP contribution in [-0.2, 0) is 0 Å². The number of rotatable bonds is 5. The number of hydrogen-bond donors (Lipinski definition) is 0. The van der Waals surface area contributed by atoms with Gasteiger partial charge in [-0.05, 0) is 63.2 Å². The summed E-state index contributed by atoms with van der Waals surface area (Å²) >= 11 is 6.25. The van der Waals surface area contributed by atoms with Crippen LogP contribution in [0.1, 0.15) is 29.6 Å². The third-order valence-electron chi connectivity index (χ3n) is 5.52. The van der Waals surface area contributed by atoms with E-state index in [0.717, 1.165) is 36.7 Å². The molecule has 0 spiro atoms. The SMILES string of the molecule is CN(C)CC1CC1C1CCN(c2ccc(C(=O)N(C)C)c(Cl)n2)CC1. The summed E-state index contributed by atoms with van der Waals surface area (Å²) in [5.74, 6) is 3.45. The number of halogens is 1. The molecule has 138 valence electrons. The second-order valence-corrected chi connectivity index (χ2v) is 8.31. The molecule has 2 aliphatic rings. The van der Waals surface area contributed by atoms with Gasteiger partial charge in [-0.1, -0.05) is 11.6 Å². The van der Waals surface area contributed by atoms with E-state index in [9.17, 15) is 4.79 Å². The molecule has 1 aliphatic carbocycles. The van der Waals surface area contributed by atoms with Crippen molar-refractivity contribution >= 4 is 23.3 Å². The van der Waals surface area contributed by atoms with Crippen molar-refractivity contribution in [3.8, 4) is 0 Å². The summed E-state index contributed by atoms with van der Waals surface area (Å²) in [6.07, 6.45) is 3.85. The summed E-state index contributed by atoms with van der Waals surface area (Å²) in [6.45, 7) is 3.28. The van der Waals surface area contributed by atoms with Crippen LogP contribution in [0, 0.1) is 17.8 Å². The van der Waals surface area contributed by atoms with Gasteiger partial charge in [0, 0.05) is 33.7 Å². The first-order valence-corrected chi connectivity index (χ1v) is 9.52. The average Bonchev–Trinajstić information content (AvgIpc) is 3.32. The molecule has 1 aromatic heterocycles. The fourth-order valence-corrected chi connectivity index (χ4v) is 4.32. The van der Waals surface area contributed by atoms with E-state index in [1.165, 1.54) is 30.7 Å². The molecule has 6 heteroatoms. The average molecular weight is 365 g/mol. The molecule has 5 nitrogen and oxygen atoms in total. The highest BCUT2D eigenvalue weighted by Crippen LogP contribution is 2.48. The second kappa shape index (κ2) is 7.50. The number of amides is 1. The maximum absolute atomic E-state index is 12.1. The van der Waals surface area contributed by atoms with Gasteiger partial charge in [0.25, 0.3) is 5.91 Å². The summed E-state index contributed by atoms with van der Waals surface area (Å²) in [7, 11) is 7.77. The molecule has 1 aromatic rings. The highest BCUT2D eigenvalue weighted by molar-refractivity contribution is 6.32. The van der Waals surface area contributed by atoms with Gasteiger partial charge >= 0.3 is 0 Å². The van der Waals surface area contributed by atoms with Gasteiger partial charge in [0.15, 0.2) is 0 Å². The predicted octanol–water partition coefficient (Wildman–Crippen LogP) is 2.85. The van der Waals surface area contributed by atoms with Gasteiger partial charge in [-0.15, -0.1) is 0 Å². The van der Waals surface area contributed by atoms with Gasteiger partial charge < -0.3 is 14.7 Å². The Morgan fingerprint density at radius 3 is 2.48 bits per heavy atom. The molecule has 1 aliphatic heterocycles. The van der Waals surface area contributed by atoms with Gasteiger partial charge in [-0.2, -0.15) is 0 Å². The summed E-state index contributed by atoms with van der Waals surface area (Å²) in [5, 5.41) is 0.298. The van der Waals surface area contributed by atoms with Crippen LogP contribution in [-0.4, -0.2) is 68.5 Å². The first-order chi connectivity index (χ1) is 11.9. The Morgan fingerprint density at radius 2 is 1.92 bits per heavy atom. The van der Waals surface area contributed by atoms with Gasteiger partial charge in [0.1, 0.15) is 11.0 Å². The number of anilines is 1. The maximum Gasteiger partial charge on any atom is 0.256 e. The number of pyridine rings is 1. The number of carbonyl (C=O) groups is 1. The zero-order chi connectivity index (χ0) is 18.1. The lowest BCUT2D eigenvalue weighted by Gasteiger charge is -2.33. The van der Waals surface area contributed by atoms with E-state index in [2.05, 4.69) is 28.9 Å². The van der Waals surface area contributed by atoms with E-state index in [0.29, 0.717) is 10.7 Å². The molecule has 1 saturated heterocycles. The number of carbonyl (C=O) groups excluding carboxylic acids is 1. The number of nitrogens with zero attached hydrogens (tertiary/aromatic N) is 4. The maximum atomic E-state index is 12.1. The van der Waals surface area contributed by atoms with Crippen molar-refractivity contribution in [2.24, 2.45) is 17.8 Å². The molecule has 2 fully saturated rings. The Morgan fingerprint density at radius 1 is 1.24 bits per heavy atom. The van der Waals surface area contributed by atoms with E-state index in [4.69, 9.17) is 11.6 Å². The Kier molecular flexibility index (Phi) is 5.54. The Bertz CT molecular complexity index is 626.